The number of fused-ring (bicyclic) bond motifs is 2. The second kappa shape index (κ2) is 6.59. The highest BCUT2D eigenvalue weighted by Crippen LogP contribution is 2.49. The minimum atomic E-state index is -1.58. The first-order valence-corrected chi connectivity index (χ1v) is 8.28. The van der Waals surface area contributed by atoms with E-state index in [0.717, 1.165) is 6.08 Å². The minimum absolute atomic E-state index is 0.0112. The number of carboxylic acid groups (broad SMARTS) is 1. The van der Waals surface area contributed by atoms with E-state index < -0.39 is 23.3 Å². The van der Waals surface area contributed by atoms with Crippen molar-refractivity contribution in [1.82, 2.24) is 0 Å². The number of ketones is 1. The van der Waals surface area contributed by atoms with Gasteiger partial charge in [-0.2, -0.15) is 0 Å². The summed E-state index contributed by atoms with van der Waals surface area (Å²) in [5, 5.41) is 31.8. The predicted octanol–water partition coefficient (Wildman–Crippen LogP) is 2.59. The summed E-state index contributed by atoms with van der Waals surface area (Å²) in [6, 6.07) is 6.78. The highest BCUT2D eigenvalue weighted by molar-refractivity contribution is 6.09. The molecule has 7 nitrogen and oxygen atoms in total. The van der Waals surface area contributed by atoms with Gasteiger partial charge in [-0.05, 0) is 30.0 Å². The number of aliphatic hydroxyl groups is 1. The molecule has 0 amide bonds. The average molecular weight is 372 g/mol. The van der Waals surface area contributed by atoms with Gasteiger partial charge < -0.3 is 24.8 Å². The van der Waals surface area contributed by atoms with Gasteiger partial charge in [0, 0.05) is 6.42 Å². The Bertz CT molecular complexity index is 972. The molecule has 3 rings (SSSR count). The lowest BCUT2D eigenvalue weighted by Crippen LogP contribution is -2.41. The second-order valence-electron chi connectivity index (χ2n) is 6.73. The number of aliphatic carboxylic acids is 1. The fourth-order valence-electron chi connectivity index (χ4n) is 3.81. The number of phenols is 1. The molecular formula is C20H20O7. The number of hydrogen-bond acceptors (Lipinski definition) is 6. The van der Waals surface area contributed by atoms with Crippen molar-refractivity contribution in [2.75, 3.05) is 14.2 Å². The number of carbonyl (C=O) groups is 2. The van der Waals surface area contributed by atoms with Crippen LogP contribution in [0.1, 0.15) is 35.2 Å². The molecule has 0 saturated carbocycles. The number of phenolic OH excluding ortho intramolecular Hbond substituents is 1. The molecule has 2 aromatic carbocycles. The third-order valence-electron chi connectivity index (χ3n) is 4.87. The minimum Gasteiger partial charge on any atom is -0.506 e. The smallest absolute Gasteiger partial charge is 0.331 e. The molecule has 2 atom stereocenters. The lowest BCUT2D eigenvalue weighted by Gasteiger charge is -2.38. The van der Waals surface area contributed by atoms with Crippen LogP contribution in [0.3, 0.4) is 0 Å². The Kier molecular flexibility index (Phi) is 4.57. The van der Waals surface area contributed by atoms with Crippen LogP contribution in [0.15, 0.2) is 36.1 Å². The zero-order chi connectivity index (χ0) is 19.9. The Morgan fingerprint density at radius 2 is 2.04 bits per heavy atom. The molecule has 3 N–H and O–H groups in total. The van der Waals surface area contributed by atoms with E-state index in [-0.39, 0.29) is 23.5 Å². The quantitative estimate of drug-likeness (QED) is 0.558. The fourth-order valence-corrected chi connectivity index (χ4v) is 3.81. The number of carbonyl (C=O) groups excluding carboxylic acids is 1. The standard InChI is InChI=1S/C20H20O7/c1-20(25)9-12(21)17-11(18(20)14(27-3)8-15(22)23)7-10-5-4-6-13(26-2)16(10)19(17)24/h4-8,18,24-25H,9H2,1-3H3,(H,22,23). The molecule has 0 fully saturated rings. The number of aromatic hydroxyl groups is 1. The van der Waals surface area contributed by atoms with Gasteiger partial charge in [-0.25, -0.2) is 4.79 Å². The average Bonchev–Trinajstić information content (AvgIpc) is 2.58. The van der Waals surface area contributed by atoms with E-state index in [4.69, 9.17) is 14.6 Å². The van der Waals surface area contributed by atoms with Crippen molar-refractivity contribution in [1.29, 1.82) is 0 Å². The van der Waals surface area contributed by atoms with E-state index in [1.165, 1.54) is 21.1 Å². The maximum Gasteiger partial charge on any atom is 0.331 e. The van der Waals surface area contributed by atoms with Crippen molar-refractivity contribution in [3.63, 3.8) is 0 Å². The molecule has 0 bridgehead atoms. The molecule has 0 aromatic heterocycles. The number of methoxy groups -OCH3 is 2. The topological polar surface area (TPSA) is 113 Å². The maximum absolute atomic E-state index is 12.7. The number of hydrogen-bond donors (Lipinski definition) is 3. The Morgan fingerprint density at radius 3 is 2.63 bits per heavy atom. The van der Waals surface area contributed by atoms with Crippen LogP contribution < -0.4 is 4.74 Å². The molecule has 27 heavy (non-hydrogen) atoms. The van der Waals surface area contributed by atoms with Crippen LogP contribution in [0.4, 0.5) is 0 Å². The van der Waals surface area contributed by atoms with E-state index in [1.54, 1.807) is 24.3 Å². The lowest BCUT2D eigenvalue weighted by atomic mass is 9.70. The van der Waals surface area contributed by atoms with Crippen molar-refractivity contribution < 1.29 is 34.4 Å². The SMILES string of the molecule is COC(=CC(=O)O)C1c2cc3cccc(OC)c3c(O)c2C(=O)CC1(C)O. The summed E-state index contributed by atoms with van der Waals surface area (Å²) in [5.41, 5.74) is -1.24. The first-order chi connectivity index (χ1) is 12.7. The van der Waals surface area contributed by atoms with E-state index in [1.807, 2.05) is 0 Å². The van der Waals surface area contributed by atoms with Gasteiger partial charge in [0.05, 0.1) is 42.8 Å². The zero-order valence-electron chi connectivity index (χ0n) is 15.1. The lowest BCUT2D eigenvalue weighted by molar-refractivity contribution is -0.131. The molecule has 2 unspecified atom stereocenters. The summed E-state index contributed by atoms with van der Waals surface area (Å²) in [6.45, 7) is 1.44. The Labute approximate surface area is 155 Å². The summed E-state index contributed by atoms with van der Waals surface area (Å²) in [7, 11) is 2.76. The van der Waals surface area contributed by atoms with Gasteiger partial charge in [0.2, 0.25) is 0 Å². The van der Waals surface area contributed by atoms with E-state index in [0.29, 0.717) is 22.1 Å². The van der Waals surface area contributed by atoms with Crippen molar-refractivity contribution in [3.05, 3.63) is 47.2 Å². The van der Waals surface area contributed by atoms with Crippen LogP contribution in [0.5, 0.6) is 11.5 Å². The van der Waals surface area contributed by atoms with Crippen LogP contribution in [0.2, 0.25) is 0 Å². The highest BCUT2D eigenvalue weighted by Gasteiger charge is 2.46. The highest BCUT2D eigenvalue weighted by atomic mass is 16.5. The molecule has 1 aliphatic carbocycles. The molecule has 0 radical (unpaired) electrons. The van der Waals surface area contributed by atoms with Crippen LogP contribution in [-0.2, 0) is 9.53 Å². The molecule has 142 valence electrons. The third kappa shape index (κ3) is 3.00. The van der Waals surface area contributed by atoms with Gasteiger partial charge in [-0.15, -0.1) is 0 Å². The zero-order valence-corrected chi connectivity index (χ0v) is 15.1. The van der Waals surface area contributed by atoms with Gasteiger partial charge in [0.15, 0.2) is 5.78 Å². The maximum atomic E-state index is 12.7. The number of benzene rings is 2. The van der Waals surface area contributed by atoms with Gasteiger partial charge in [-0.1, -0.05) is 12.1 Å². The summed E-state index contributed by atoms with van der Waals surface area (Å²) in [5.74, 6) is -2.48. The second-order valence-corrected chi connectivity index (χ2v) is 6.73. The van der Waals surface area contributed by atoms with Crippen molar-refractivity contribution in [2.45, 2.75) is 24.9 Å². The summed E-state index contributed by atoms with van der Waals surface area (Å²) in [4.78, 5) is 23.9. The third-order valence-corrected chi connectivity index (χ3v) is 4.87. The molecule has 1 aliphatic rings. The number of carboxylic acids is 1. The molecule has 0 aliphatic heterocycles. The monoisotopic (exact) mass is 372 g/mol. The molecule has 7 heteroatoms. The summed E-state index contributed by atoms with van der Waals surface area (Å²) < 4.78 is 10.5. The van der Waals surface area contributed by atoms with Gasteiger partial charge >= 0.3 is 5.97 Å². The summed E-state index contributed by atoms with van der Waals surface area (Å²) in [6.07, 6.45) is 0.560. The van der Waals surface area contributed by atoms with Crippen LogP contribution >= 0.6 is 0 Å². The molecule has 2 aromatic rings. The van der Waals surface area contributed by atoms with Crippen LogP contribution in [0, 0.1) is 0 Å². The van der Waals surface area contributed by atoms with E-state index in [2.05, 4.69) is 0 Å². The van der Waals surface area contributed by atoms with E-state index in [9.17, 15) is 19.8 Å². The molecular weight excluding hydrogens is 352 g/mol. The Morgan fingerprint density at radius 1 is 1.33 bits per heavy atom. The van der Waals surface area contributed by atoms with Gasteiger partial charge in [0.1, 0.15) is 17.3 Å². The Hall–Kier alpha value is -3.06. The first-order valence-electron chi connectivity index (χ1n) is 8.28. The normalized spacial score (nSPS) is 22.4. The van der Waals surface area contributed by atoms with Gasteiger partial charge in [0.25, 0.3) is 0 Å². The Balaban J connectivity index is 2.39. The van der Waals surface area contributed by atoms with Crippen molar-refractivity contribution in [3.8, 4) is 11.5 Å². The van der Waals surface area contributed by atoms with Crippen molar-refractivity contribution in [2.24, 2.45) is 0 Å². The predicted molar refractivity (Wildman–Crippen MR) is 97.2 cm³/mol. The van der Waals surface area contributed by atoms with Crippen LogP contribution in [-0.4, -0.2) is 46.9 Å². The molecule has 0 saturated heterocycles. The molecule has 0 spiro atoms. The van der Waals surface area contributed by atoms with E-state index >= 15 is 0 Å². The largest absolute Gasteiger partial charge is 0.506 e. The van der Waals surface area contributed by atoms with Crippen molar-refractivity contribution >= 4 is 22.5 Å². The fraction of sp³-hybridized carbons (Fsp3) is 0.300. The number of rotatable bonds is 4. The first kappa shape index (κ1) is 18.7. The number of Topliss-reactive ketones (excluding diaryl/α,β-unsaturated/α-hetero) is 1. The number of ether oxygens (including phenoxy) is 2. The summed E-state index contributed by atoms with van der Waals surface area (Å²) >= 11 is 0. The van der Waals surface area contributed by atoms with Gasteiger partial charge in [-0.3, -0.25) is 4.79 Å². The van der Waals surface area contributed by atoms with Crippen LogP contribution in [0.25, 0.3) is 10.8 Å². The molecule has 0 heterocycles.